The first-order chi connectivity index (χ1) is 10.1. The van der Waals surface area contributed by atoms with Crippen LogP contribution in [0.15, 0.2) is 53.0 Å². The van der Waals surface area contributed by atoms with Gasteiger partial charge in [-0.25, -0.2) is 4.39 Å². The molecular formula is C16H15BrFNO2. The zero-order valence-corrected chi connectivity index (χ0v) is 12.8. The number of hydrogen-bond donors (Lipinski definition) is 2. The van der Waals surface area contributed by atoms with Gasteiger partial charge in [-0.1, -0.05) is 36.4 Å². The van der Waals surface area contributed by atoms with Gasteiger partial charge in [-0.05, 0) is 40.0 Å². The molecule has 0 aliphatic carbocycles. The van der Waals surface area contributed by atoms with Gasteiger partial charge in [0.2, 0.25) is 0 Å². The second-order valence-electron chi connectivity index (χ2n) is 4.64. The van der Waals surface area contributed by atoms with E-state index < -0.39 is 17.8 Å². The fourth-order valence-corrected chi connectivity index (χ4v) is 2.37. The number of aliphatic hydroxyl groups is 1. The van der Waals surface area contributed by atoms with Crippen LogP contribution in [0.25, 0.3) is 0 Å². The molecule has 0 aliphatic heterocycles. The Morgan fingerprint density at radius 1 is 1.19 bits per heavy atom. The fourth-order valence-electron chi connectivity index (χ4n) is 2.00. The summed E-state index contributed by atoms with van der Waals surface area (Å²) in [7, 11) is 0. The smallest absolute Gasteiger partial charge is 0.254 e. The molecule has 0 bridgehead atoms. The lowest BCUT2D eigenvalue weighted by atomic mass is 10.1. The summed E-state index contributed by atoms with van der Waals surface area (Å²) in [4.78, 5) is 12.1. The van der Waals surface area contributed by atoms with Crippen molar-refractivity contribution in [2.24, 2.45) is 0 Å². The molecule has 2 aromatic carbocycles. The third-order valence-corrected chi connectivity index (χ3v) is 3.69. The number of carbonyl (C=O) groups is 1. The Kier molecular flexibility index (Phi) is 5.47. The molecule has 1 atom stereocenters. The highest BCUT2D eigenvalue weighted by Crippen LogP contribution is 2.18. The number of hydrogen-bond acceptors (Lipinski definition) is 2. The molecule has 0 saturated carbocycles. The Bertz CT molecular complexity index is 619. The molecule has 2 N–H and O–H groups in total. The topological polar surface area (TPSA) is 49.3 Å². The van der Waals surface area contributed by atoms with Crippen LogP contribution < -0.4 is 5.32 Å². The standard InChI is InChI=1S/C16H15BrFNO2/c17-14-8-4-7-13(15(14)18)16(21)19-12(10-20)9-11-5-2-1-3-6-11/h1-8,12,20H,9-10H2,(H,19,21). The lowest BCUT2D eigenvalue weighted by Gasteiger charge is -2.17. The monoisotopic (exact) mass is 351 g/mol. The van der Waals surface area contributed by atoms with Crippen LogP contribution in [-0.4, -0.2) is 23.7 Å². The Labute approximate surface area is 130 Å². The van der Waals surface area contributed by atoms with E-state index in [-0.39, 0.29) is 16.6 Å². The molecule has 0 radical (unpaired) electrons. The van der Waals surface area contributed by atoms with Crippen molar-refractivity contribution >= 4 is 21.8 Å². The number of halogens is 2. The first-order valence-corrected chi connectivity index (χ1v) is 7.30. The van der Waals surface area contributed by atoms with E-state index in [1.54, 1.807) is 6.07 Å². The van der Waals surface area contributed by atoms with E-state index in [9.17, 15) is 14.3 Å². The number of rotatable bonds is 5. The van der Waals surface area contributed by atoms with Crippen LogP contribution in [0.2, 0.25) is 0 Å². The lowest BCUT2D eigenvalue weighted by molar-refractivity contribution is 0.0912. The van der Waals surface area contributed by atoms with Crippen LogP contribution in [0.1, 0.15) is 15.9 Å². The SMILES string of the molecule is O=C(NC(CO)Cc1ccccc1)c1cccc(Br)c1F. The molecule has 0 aromatic heterocycles. The second-order valence-corrected chi connectivity index (χ2v) is 5.50. The van der Waals surface area contributed by atoms with E-state index in [1.165, 1.54) is 12.1 Å². The molecule has 3 nitrogen and oxygen atoms in total. The van der Waals surface area contributed by atoms with Crippen molar-refractivity contribution in [3.8, 4) is 0 Å². The minimum Gasteiger partial charge on any atom is -0.394 e. The van der Waals surface area contributed by atoms with Crippen molar-refractivity contribution in [3.63, 3.8) is 0 Å². The summed E-state index contributed by atoms with van der Waals surface area (Å²) in [6.07, 6.45) is 0.485. The van der Waals surface area contributed by atoms with Crippen LogP contribution in [0.5, 0.6) is 0 Å². The molecule has 0 heterocycles. The van der Waals surface area contributed by atoms with Crippen molar-refractivity contribution < 1.29 is 14.3 Å². The maximum Gasteiger partial charge on any atom is 0.254 e. The first-order valence-electron chi connectivity index (χ1n) is 6.51. The zero-order valence-electron chi connectivity index (χ0n) is 11.2. The van der Waals surface area contributed by atoms with E-state index in [0.29, 0.717) is 6.42 Å². The summed E-state index contributed by atoms with van der Waals surface area (Å²) >= 11 is 3.05. The van der Waals surface area contributed by atoms with Gasteiger partial charge in [0.1, 0.15) is 5.82 Å². The molecule has 1 amide bonds. The third kappa shape index (κ3) is 4.12. The summed E-state index contributed by atoms with van der Waals surface area (Å²) in [5, 5.41) is 12.0. The third-order valence-electron chi connectivity index (χ3n) is 3.08. The summed E-state index contributed by atoms with van der Waals surface area (Å²) in [5.41, 5.74) is 0.947. The highest BCUT2D eigenvalue weighted by Gasteiger charge is 2.17. The van der Waals surface area contributed by atoms with Gasteiger partial charge in [-0.15, -0.1) is 0 Å². The maximum atomic E-state index is 13.9. The Hall–Kier alpha value is -1.72. The fraction of sp³-hybridized carbons (Fsp3) is 0.188. The summed E-state index contributed by atoms with van der Waals surface area (Å²) < 4.78 is 14.1. The zero-order chi connectivity index (χ0) is 15.2. The summed E-state index contributed by atoms with van der Waals surface area (Å²) in [6.45, 7) is -0.212. The van der Waals surface area contributed by atoms with Crippen molar-refractivity contribution in [2.75, 3.05) is 6.61 Å². The van der Waals surface area contributed by atoms with E-state index in [0.717, 1.165) is 5.56 Å². The van der Waals surface area contributed by atoms with Crippen LogP contribution >= 0.6 is 15.9 Å². The molecule has 2 rings (SSSR count). The Balaban J connectivity index is 2.08. The van der Waals surface area contributed by atoms with E-state index >= 15 is 0 Å². The molecule has 0 aliphatic rings. The number of carbonyl (C=O) groups excluding carboxylic acids is 1. The van der Waals surface area contributed by atoms with Crippen molar-refractivity contribution in [1.29, 1.82) is 0 Å². The van der Waals surface area contributed by atoms with Crippen molar-refractivity contribution in [1.82, 2.24) is 5.32 Å². The minimum absolute atomic E-state index is 0.0455. The predicted molar refractivity (Wildman–Crippen MR) is 82.6 cm³/mol. The number of nitrogens with one attached hydrogen (secondary N) is 1. The van der Waals surface area contributed by atoms with E-state index in [4.69, 9.17) is 0 Å². The average molecular weight is 352 g/mol. The molecule has 5 heteroatoms. The quantitative estimate of drug-likeness (QED) is 0.869. The largest absolute Gasteiger partial charge is 0.394 e. The molecule has 110 valence electrons. The maximum absolute atomic E-state index is 13.9. The van der Waals surface area contributed by atoms with Gasteiger partial charge >= 0.3 is 0 Å². The van der Waals surface area contributed by atoms with Gasteiger partial charge in [0.05, 0.1) is 22.7 Å². The number of aliphatic hydroxyl groups excluding tert-OH is 1. The molecular weight excluding hydrogens is 337 g/mol. The highest BCUT2D eigenvalue weighted by molar-refractivity contribution is 9.10. The van der Waals surface area contributed by atoms with Gasteiger partial charge < -0.3 is 10.4 Å². The molecule has 2 aromatic rings. The van der Waals surface area contributed by atoms with Gasteiger partial charge in [-0.2, -0.15) is 0 Å². The van der Waals surface area contributed by atoms with Crippen LogP contribution in [0.4, 0.5) is 4.39 Å². The van der Waals surface area contributed by atoms with Crippen molar-refractivity contribution in [3.05, 3.63) is 69.9 Å². The Morgan fingerprint density at radius 3 is 2.57 bits per heavy atom. The van der Waals surface area contributed by atoms with Gasteiger partial charge in [0.25, 0.3) is 5.91 Å². The molecule has 0 spiro atoms. The van der Waals surface area contributed by atoms with E-state index in [2.05, 4.69) is 21.2 Å². The van der Waals surface area contributed by atoms with Crippen LogP contribution in [-0.2, 0) is 6.42 Å². The normalized spacial score (nSPS) is 12.0. The molecule has 0 fully saturated rings. The molecule has 1 unspecified atom stereocenters. The van der Waals surface area contributed by atoms with Gasteiger partial charge in [0, 0.05) is 0 Å². The van der Waals surface area contributed by atoms with E-state index in [1.807, 2.05) is 30.3 Å². The first kappa shape index (κ1) is 15.7. The Morgan fingerprint density at radius 2 is 1.90 bits per heavy atom. The summed E-state index contributed by atoms with van der Waals surface area (Å²) in [6, 6.07) is 13.6. The lowest BCUT2D eigenvalue weighted by Crippen LogP contribution is -2.39. The number of amides is 1. The summed E-state index contributed by atoms with van der Waals surface area (Å²) in [5.74, 6) is -1.14. The number of benzene rings is 2. The van der Waals surface area contributed by atoms with Gasteiger partial charge in [0.15, 0.2) is 0 Å². The van der Waals surface area contributed by atoms with Crippen molar-refractivity contribution in [2.45, 2.75) is 12.5 Å². The minimum atomic E-state index is -0.605. The van der Waals surface area contributed by atoms with Crippen LogP contribution in [0.3, 0.4) is 0 Å². The average Bonchev–Trinajstić information content (AvgIpc) is 2.50. The van der Waals surface area contributed by atoms with Crippen LogP contribution in [0, 0.1) is 5.82 Å². The molecule has 0 saturated heterocycles. The second kappa shape index (κ2) is 7.33. The predicted octanol–water partition coefficient (Wildman–Crippen LogP) is 2.92. The highest BCUT2D eigenvalue weighted by atomic mass is 79.9. The molecule has 21 heavy (non-hydrogen) atoms. The van der Waals surface area contributed by atoms with Gasteiger partial charge in [-0.3, -0.25) is 4.79 Å².